The predicted molar refractivity (Wildman–Crippen MR) is 63.3 cm³/mol. The Morgan fingerprint density at radius 2 is 2.21 bits per heavy atom. The van der Waals surface area contributed by atoms with Crippen LogP contribution < -0.4 is 0 Å². The van der Waals surface area contributed by atoms with Crippen molar-refractivity contribution in [1.82, 2.24) is 4.90 Å². The fourth-order valence-corrected chi connectivity index (χ4v) is 2.74. The third kappa shape index (κ3) is 2.97. The van der Waals surface area contributed by atoms with E-state index in [0.29, 0.717) is 5.38 Å². The first kappa shape index (κ1) is 10.5. The van der Waals surface area contributed by atoms with Crippen molar-refractivity contribution in [2.75, 3.05) is 19.6 Å². The molecule has 0 radical (unpaired) electrons. The molecule has 3 heteroatoms. The summed E-state index contributed by atoms with van der Waals surface area (Å²) in [6, 6.07) is 4.35. The molecule has 14 heavy (non-hydrogen) atoms. The van der Waals surface area contributed by atoms with Gasteiger partial charge in [-0.25, -0.2) is 0 Å². The quantitative estimate of drug-likeness (QED) is 0.721. The number of thiophene rings is 1. The minimum Gasteiger partial charge on any atom is -0.303 e. The molecule has 1 saturated heterocycles. The molecule has 0 aliphatic carbocycles. The molecule has 0 bridgehead atoms. The minimum atomic E-state index is 0.424. The van der Waals surface area contributed by atoms with Gasteiger partial charge in [0.25, 0.3) is 0 Å². The molecular formula is C11H16ClNS. The van der Waals surface area contributed by atoms with Gasteiger partial charge in [-0.2, -0.15) is 0 Å². The Bertz CT molecular complexity index is 252. The normalized spacial score (nSPS) is 20.1. The van der Waals surface area contributed by atoms with Gasteiger partial charge in [0.15, 0.2) is 0 Å². The molecule has 1 aliphatic heterocycles. The highest BCUT2D eigenvalue weighted by atomic mass is 35.5. The number of rotatable bonds is 3. The molecule has 1 aromatic heterocycles. The summed E-state index contributed by atoms with van der Waals surface area (Å²) in [5, 5.41) is 2.58. The second kappa shape index (κ2) is 5.15. The molecule has 1 fully saturated rings. The number of nitrogens with zero attached hydrogens (tertiary/aromatic N) is 1. The van der Waals surface area contributed by atoms with Gasteiger partial charge in [-0.3, -0.25) is 0 Å². The molecular weight excluding hydrogens is 214 g/mol. The molecule has 0 saturated carbocycles. The van der Waals surface area contributed by atoms with Crippen LogP contribution in [0.5, 0.6) is 0 Å². The van der Waals surface area contributed by atoms with Crippen molar-refractivity contribution >= 4 is 22.9 Å². The van der Waals surface area contributed by atoms with Gasteiger partial charge in [0.1, 0.15) is 0 Å². The standard InChI is InChI=1S/C11H16ClNS/c12-10-3-6-13(7-4-10)8-5-11-2-1-9-14-11/h1-2,9-10H,3-8H2. The summed E-state index contributed by atoms with van der Waals surface area (Å²) in [5.74, 6) is 0. The smallest absolute Gasteiger partial charge is 0.0360 e. The van der Waals surface area contributed by atoms with Gasteiger partial charge in [-0.15, -0.1) is 22.9 Å². The van der Waals surface area contributed by atoms with E-state index in [-0.39, 0.29) is 0 Å². The van der Waals surface area contributed by atoms with Crippen molar-refractivity contribution in [2.24, 2.45) is 0 Å². The van der Waals surface area contributed by atoms with Crippen molar-refractivity contribution in [3.05, 3.63) is 22.4 Å². The maximum atomic E-state index is 6.06. The van der Waals surface area contributed by atoms with E-state index in [0.717, 1.165) is 12.8 Å². The van der Waals surface area contributed by atoms with Gasteiger partial charge < -0.3 is 4.90 Å². The van der Waals surface area contributed by atoms with E-state index in [9.17, 15) is 0 Å². The Kier molecular flexibility index (Phi) is 3.85. The lowest BCUT2D eigenvalue weighted by Gasteiger charge is -2.28. The number of hydrogen-bond donors (Lipinski definition) is 0. The first-order valence-electron chi connectivity index (χ1n) is 5.23. The van der Waals surface area contributed by atoms with Gasteiger partial charge in [-0.1, -0.05) is 6.07 Å². The Balaban J connectivity index is 1.71. The molecule has 1 aromatic rings. The minimum absolute atomic E-state index is 0.424. The molecule has 0 atom stereocenters. The first-order valence-corrected chi connectivity index (χ1v) is 6.55. The average Bonchev–Trinajstić information content (AvgIpc) is 2.70. The van der Waals surface area contributed by atoms with Crippen molar-refractivity contribution in [3.63, 3.8) is 0 Å². The van der Waals surface area contributed by atoms with Crippen molar-refractivity contribution in [2.45, 2.75) is 24.6 Å². The lowest BCUT2D eigenvalue weighted by atomic mass is 10.1. The van der Waals surface area contributed by atoms with Crippen LogP contribution in [0, 0.1) is 0 Å². The number of alkyl halides is 1. The van der Waals surface area contributed by atoms with Crippen LogP contribution in [-0.2, 0) is 6.42 Å². The van der Waals surface area contributed by atoms with Gasteiger partial charge in [0, 0.05) is 16.8 Å². The molecule has 1 nitrogen and oxygen atoms in total. The third-order valence-corrected chi connectivity index (χ3v) is 4.14. The highest BCUT2D eigenvalue weighted by molar-refractivity contribution is 7.09. The highest BCUT2D eigenvalue weighted by Gasteiger charge is 2.16. The van der Waals surface area contributed by atoms with Crippen LogP contribution in [-0.4, -0.2) is 29.9 Å². The Hall–Kier alpha value is -0.0500. The molecule has 0 unspecified atom stereocenters. The fourth-order valence-electron chi connectivity index (χ4n) is 1.85. The van der Waals surface area contributed by atoms with Crippen LogP contribution in [0.2, 0.25) is 0 Å². The van der Waals surface area contributed by atoms with Crippen molar-refractivity contribution in [3.8, 4) is 0 Å². The average molecular weight is 230 g/mol. The van der Waals surface area contributed by atoms with Crippen LogP contribution in [0.4, 0.5) is 0 Å². The molecule has 2 heterocycles. The fraction of sp³-hybridized carbons (Fsp3) is 0.636. The van der Waals surface area contributed by atoms with Gasteiger partial charge in [0.05, 0.1) is 0 Å². The predicted octanol–water partition coefficient (Wildman–Crippen LogP) is 2.99. The maximum absolute atomic E-state index is 6.06. The summed E-state index contributed by atoms with van der Waals surface area (Å²) < 4.78 is 0. The Morgan fingerprint density at radius 3 is 2.86 bits per heavy atom. The van der Waals surface area contributed by atoms with Crippen LogP contribution in [0.3, 0.4) is 0 Å². The summed E-state index contributed by atoms with van der Waals surface area (Å²) in [6.07, 6.45) is 3.52. The van der Waals surface area contributed by atoms with E-state index in [1.807, 2.05) is 11.3 Å². The van der Waals surface area contributed by atoms with Gasteiger partial charge in [-0.05, 0) is 43.8 Å². The first-order chi connectivity index (χ1) is 6.84. The Labute approximate surface area is 94.7 Å². The highest BCUT2D eigenvalue weighted by Crippen LogP contribution is 2.16. The van der Waals surface area contributed by atoms with E-state index in [4.69, 9.17) is 11.6 Å². The third-order valence-electron chi connectivity index (χ3n) is 2.77. The zero-order valence-electron chi connectivity index (χ0n) is 8.29. The van der Waals surface area contributed by atoms with E-state index in [1.165, 1.54) is 30.9 Å². The molecule has 2 rings (SSSR count). The summed E-state index contributed by atoms with van der Waals surface area (Å²) in [6.45, 7) is 3.56. The van der Waals surface area contributed by atoms with Crippen LogP contribution in [0.15, 0.2) is 17.5 Å². The van der Waals surface area contributed by atoms with E-state index in [2.05, 4.69) is 22.4 Å². The van der Waals surface area contributed by atoms with Gasteiger partial charge >= 0.3 is 0 Å². The number of piperidine rings is 1. The second-order valence-corrected chi connectivity index (χ2v) is 5.50. The number of likely N-dealkylation sites (tertiary alicyclic amines) is 1. The van der Waals surface area contributed by atoms with Crippen LogP contribution in [0.1, 0.15) is 17.7 Å². The van der Waals surface area contributed by atoms with E-state index in [1.54, 1.807) is 0 Å². The largest absolute Gasteiger partial charge is 0.303 e. The number of hydrogen-bond acceptors (Lipinski definition) is 2. The van der Waals surface area contributed by atoms with Crippen molar-refractivity contribution in [1.29, 1.82) is 0 Å². The van der Waals surface area contributed by atoms with Gasteiger partial charge in [0.2, 0.25) is 0 Å². The zero-order valence-corrected chi connectivity index (χ0v) is 9.86. The molecule has 0 N–H and O–H groups in total. The molecule has 0 aromatic carbocycles. The lowest BCUT2D eigenvalue weighted by Crippen LogP contribution is -2.35. The Morgan fingerprint density at radius 1 is 1.43 bits per heavy atom. The summed E-state index contributed by atoms with van der Waals surface area (Å²) in [4.78, 5) is 4.02. The summed E-state index contributed by atoms with van der Waals surface area (Å²) in [5.41, 5.74) is 0. The second-order valence-electron chi connectivity index (χ2n) is 3.85. The van der Waals surface area contributed by atoms with Crippen molar-refractivity contribution < 1.29 is 0 Å². The van der Waals surface area contributed by atoms with E-state index < -0.39 is 0 Å². The molecule has 78 valence electrons. The maximum Gasteiger partial charge on any atom is 0.0360 e. The summed E-state index contributed by atoms with van der Waals surface area (Å²) >= 11 is 7.92. The molecule has 0 spiro atoms. The van der Waals surface area contributed by atoms with Crippen LogP contribution >= 0.6 is 22.9 Å². The molecule has 0 amide bonds. The summed E-state index contributed by atoms with van der Waals surface area (Å²) in [7, 11) is 0. The lowest BCUT2D eigenvalue weighted by molar-refractivity contribution is 0.234. The molecule has 1 aliphatic rings. The number of halogens is 1. The van der Waals surface area contributed by atoms with Crippen LogP contribution in [0.25, 0.3) is 0 Å². The zero-order chi connectivity index (χ0) is 9.80. The monoisotopic (exact) mass is 229 g/mol. The topological polar surface area (TPSA) is 3.24 Å². The SMILES string of the molecule is ClC1CCN(CCc2cccs2)CC1. The van der Waals surface area contributed by atoms with E-state index >= 15 is 0 Å².